The minimum absolute atomic E-state index is 0.153. The van der Waals surface area contributed by atoms with Gasteiger partial charge < -0.3 is 10.6 Å². The molecule has 3 rings (SSSR count). The van der Waals surface area contributed by atoms with Gasteiger partial charge in [-0.15, -0.1) is 0 Å². The van der Waals surface area contributed by atoms with Gasteiger partial charge in [0.1, 0.15) is 0 Å². The molecule has 0 fully saturated rings. The molecular formula is C21H22N2S. The first-order valence-electron chi connectivity index (χ1n) is 8.17. The first-order valence-corrected chi connectivity index (χ1v) is 8.58. The molecule has 3 aromatic carbocycles. The Kier molecular flexibility index (Phi) is 4.81. The minimum Gasteiger partial charge on any atom is -0.356 e. The van der Waals surface area contributed by atoms with E-state index < -0.39 is 0 Å². The highest BCUT2D eigenvalue weighted by atomic mass is 32.1. The van der Waals surface area contributed by atoms with Crippen LogP contribution >= 0.6 is 12.2 Å². The predicted octanol–water partition coefficient (Wildman–Crippen LogP) is 5.50. The number of fused-ring (bicyclic) bond motifs is 1. The highest BCUT2D eigenvalue weighted by molar-refractivity contribution is 7.80. The highest BCUT2D eigenvalue weighted by Gasteiger charge is 2.10. The molecular weight excluding hydrogens is 312 g/mol. The molecule has 3 heteroatoms. The molecule has 2 nitrogen and oxygen atoms in total. The van der Waals surface area contributed by atoms with Crippen molar-refractivity contribution in [2.45, 2.75) is 26.8 Å². The number of thiocarbonyl (C=S) groups is 1. The lowest BCUT2D eigenvalue weighted by atomic mass is 10.0. The van der Waals surface area contributed by atoms with E-state index in [4.69, 9.17) is 12.2 Å². The lowest BCUT2D eigenvalue weighted by Crippen LogP contribution is -2.31. The molecule has 0 amide bonds. The van der Waals surface area contributed by atoms with Crippen molar-refractivity contribution in [2.24, 2.45) is 0 Å². The largest absolute Gasteiger partial charge is 0.356 e. The van der Waals surface area contributed by atoms with Crippen LogP contribution in [0.15, 0.2) is 60.7 Å². The molecule has 122 valence electrons. The lowest BCUT2D eigenvalue weighted by Gasteiger charge is -2.20. The van der Waals surface area contributed by atoms with Crippen molar-refractivity contribution in [3.05, 3.63) is 77.4 Å². The van der Waals surface area contributed by atoms with Crippen LogP contribution in [0.4, 0.5) is 5.69 Å². The molecule has 0 aliphatic rings. The second-order valence-electron chi connectivity index (χ2n) is 6.21. The molecule has 0 saturated carbocycles. The summed E-state index contributed by atoms with van der Waals surface area (Å²) in [5.74, 6) is 0. The van der Waals surface area contributed by atoms with Crippen LogP contribution in [0.1, 0.15) is 29.7 Å². The van der Waals surface area contributed by atoms with E-state index in [1.165, 1.54) is 27.5 Å². The predicted molar refractivity (Wildman–Crippen MR) is 108 cm³/mol. The van der Waals surface area contributed by atoms with Crippen molar-refractivity contribution < 1.29 is 0 Å². The van der Waals surface area contributed by atoms with Crippen molar-refractivity contribution in [1.29, 1.82) is 0 Å². The van der Waals surface area contributed by atoms with E-state index >= 15 is 0 Å². The third-order valence-electron chi connectivity index (χ3n) is 4.28. The highest BCUT2D eigenvalue weighted by Crippen LogP contribution is 2.23. The number of aryl methyl sites for hydroxylation is 2. The summed E-state index contributed by atoms with van der Waals surface area (Å²) in [4.78, 5) is 0. The van der Waals surface area contributed by atoms with Crippen LogP contribution in [0.3, 0.4) is 0 Å². The van der Waals surface area contributed by atoms with Crippen molar-refractivity contribution in [2.75, 3.05) is 5.32 Å². The average Bonchev–Trinajstić information content (AvgIpc) is 2.55. The fraction of sp³-hybridized carbons (Fsp3) is 0.190. The van der Waals surface area contributed by atoms with E-state index in [0.29, 0.717) is 5.11 Å². The molecule has 3 aromatic rings. The molecule has 0 aliphatic carbocycles. The Morgan fingerprint density at radius 1 is 0.958 bits per heavy atom. The molecule has 2 N–H and O–H groups in total. The van der Waals surface area contributed by atoms with E-state index in [2.05, 4.69) is 73.9 Å². The molecule has 0 saturated heterocycles. The van der Waals surface area contributed by atoms with E-state index in [-0.39, 0.29) is 6.04 Å². The summed E-state index contributed by atoms with van der Waals surface area (Å²) in [5, 5.41) is 9.74. The van der Waals surface area contributed by atoms with Gasteiger partial charge in [0.05, 0.1) is 6.04 Å². The van der Waals surface area contributed by atoms with Crippen molar-refractivity contribution in [1.82, 2.24) is 5.32 Å². The molecule has 0 bridgehead atoms. The van der Waals surface area contributed by atoms with Crippen LogP contribution in [0.25, 0.3) is 10.8 Å². The van der Waals surface area contributed by atoms with Gasteiger partial charge in [-0.1, -0.05) is 60.2 Å². The van der Waals surface area contributed by atoms with Crippen LogP contribution < -0.4 is 10.6 Å². The van der Waals surface area contributed by atoms with E-state index in [1.807, 2.05) is 18.2 Å². The van der Waals surface area contributed by atoms with Gasteiger partial charge >= 0.3 is 0 Å². The molecule has 0 heterocycles. The second-order valence-corrected chi connectivity index (χ2v) is 6.62. The first kappa shape index (κ1) is 16.5. The zero-order valence-electron chi connectivity index (χ0n) is 14.3. The molecule has 24 heavy (non-hydrogen) atoms. The van der Waals surface area contributed by atoms with Gasteiger partial charge in [0.15, 0.2) is 5.11 Å². The van der Waals surface area contributed by atoms with Gasteiger partial charge in [-0.25, -0.2) is 0 Å². The second kappa shape index (κ2) is 7.02. The molecule has 0 spiro atoms. The summed E-state index contributed by atoms with van der Waals surface area (Å²) in [6, 6.07) is 21.2. The molecule has 0 radical (unpaired) electrons. The van der Waals surface area contributed by atoms with Crippen molar-refractivity contribution >= 4 is 33.8 Å². The maximum atomic E-state index is 5.52. The maximum absolute atomic E-state index is 5.52. The molecule has 1 atom stereocenters. The molecule has 1 unspecified atom stereocenters. The summed E-state index contributed by atoms with van der Waals surface area (Å²) in [6.45, 7) is 6.39. The Hall–Kier alpha value is -2.39. The van der Waals surface area contributed by atoms with E-state index in [9.17, 15) is 0 Å². The van der Waals surface area contributed by atoms with E-state index in [1.54, 1.807) is 0 Å². The fourth-order valence-corrected chi connectivity index (χ4v) is 3.37. The van der Waals surface area contributed by atoms with Gasteiger partial charge in [-0.2, -0.15) is 0 Å². The Bertz CT molecular complexity index is 881. The Morgan fingerprint density at radius 3 is 2.50 bits per heavy atom. The van der Waals surface area contributed by atoms with Crippen LogP contribution in [0.5, 0.6) is 0 Å². The zero-order valence-corrected chi connectivity index (χ0v) is 15.1. The number of rotatable bonds is 3. The van der Waals surface area contributed by atoms with Crippen LogP contribution in [-0.2, 0) is 0 Å². The fourth-order valence-electron chi connectivity index (χ4n) is 3.08. The third kappa shape index (κ3) is 3.57. The van der Waals surface area contributed by atoms with E-state index in [0.717, 1.165) is 5.69 Å². The number of hydrogen-bond donors (Lipinski definition) is 2. The number of hydrogen-bond acceptors (Lipinski definition) is 1. The monoisotopic (exact) mass is 334 g/mol. The topological polar surface area (TPSA) is 24.1 Å². The van der Waals surface area contributed by atoms with Crippen molar-refractivity contribution in [3.8, 4) is 0 Å². The van der Waals surface area contributed by atoms with Gasteiger partial charge in [0.2, 0.25) is 0 Å². The van der Waals surface area contributed by atoms with Crippen LogP contribution in [0, 0.1) is 13.8 Å². The quantitative estimate of drug-likeness (QED) is 0.618. The number of benzene rings is 3. The van der Waals surface area contributed by atoms with Crippen LogP contribution in [-0.4, -0.2) is 5.11 Å². The average molecular weight is 334 g/mol. The van der Waals surface area contributed by atoms with Gasteiger partial charge in [-0.3, -0.25) is 0 Å². The third-order valence-corrected chi connectivity index (χ3v) is 4.50. The van der Waals surface area contributed by atoms with Crippen molar-refractivity contribution in [3.63, 3.8) is 0 Å². The summed E-state index contributed by atoms with van der Waals surface area (Å²) < 4.78 is 0. The summed E-state index contributed by atoms with van der Waals surface area (Å²) in [5.41, 5.74) is 4.85. The SMILES string of the molecule is Cc1ccc(C(C)NC(=S)Nc2cccc3ccccc23)c(C)c1. The summed E-state index contributed by atoms with van der Waals surface area (Å²) in [6.07, 6.45) is 0. The normalized spacial score (nSPS) is 12.0. The van der Waals surface area contributed by atoms with Gasteiger partial charge in [0, 0.05) is 11.1 Å². The zero-order chi connectivity index (χ0) is 17.1. The minimum atomic E-state index is 0.153. The molecule has 0 aromatic heterocycles. The standard InChI is InChI=1S/C21H22N2S/c1-14-11-12-18(15(2)13-14)16(3)22-21(24)23-20-10-6-8-17-7-4-5-9-19(17)20/h4-13,16H,1-3H3,(H2,22,23,24). The van der Waals surface area contributed by atoms with Gasteiger partial charge in [-0.05, 0) is 55.6 Å². The van der Waals surface area contributed by atoms with Crippen LogP contribution in [0.2, 0.25) is 0 Å². The Balaban J connectivity index is 1.75. The summed E-state index contributed by atoms with van der Waals surface area (Å²) >= 11 is 5.52. The van der Waals surface area contributed by atoms with Gasteiger partial charge in [0.25, 0.3) is 0 Å². The number of anilines is 1. The summed E-state index contributed by atoms with van der Waals surface area (Å²) in [7, 11) is 0. The lowest BCUT2D eigenvalue weighted by molar-refractivity contribution is 0.717. The first-order chi connectivity index (χ1) is 11.5. The maximum Gasteiger partial charge on any atom is 0.171 e. The number of nitrogens with one attached hydrogen (secondary N) is 2. The Morgan fingerprint density at radius 2 is 1.71 bits per heavy atom. The smallest absolute Gasteiger partial charge is 0.171 e. The Labute approximate surface area is 148 Å². The molecule has 0 aliphatic heterocycles.